The van der Waals surface area contributed by atoms with E-state index in [4.69, 9.17) is 9.47 Å². The zero-order valence-corrected chi connectivity index (χ0v) is 18.5. The standard InChI is InChI=1S/C20H24FN3O3.HI/c1-22-20(23-11-10-14-4-7-16(21)8-5-14)24-13-15-6-9-18(26-2)17(12-15)19(25)27-3;/h4-9,12H,10-11,13H2,1-3H3,(H2,22,23,24);1H. The van der Waals surface area contributed by atoms with Crippen LogP contribution in [0.4, 0.5) is 4.39 Å². The summed E-state index contributed by atoms with van der Waals surface area (Å²) in [7, 11) is 4.52. The summed E-state index contributed by atoms with van der Waals surface area (Å²) in [5.41, 5.74) is 2.30. The summed E-state index contributed by atoms with van der Waals surface area (Å²) in [6, 6.07) is 11.7. The molecule has 0 aliphatic carbocycles. The molecule has 0 amide bonds. The van der Waals surface area contributed by atoms with E-state index in [0.29, 0.717) is 30.4 Å². The van der Waals surface area contributed by atoms with E-state index >= 15 is 0 Å². The number of methoxy groups -OCH3 is 2. The SMILES string of the molecule is CN=C(NCCc1ccc(F)cc1)NCc1ccc(OC)c(C(=O)OC)c1.I. The first kappa shape index (κ1) is 23.7. The number of nitrogens with zero attached hydrogens (tertiary/aromatic N) is 1. The molecule has 0 heterocycles. The quantitative estimate of drug-likeness (QED) is 0.264. The van der Waals surface area contributed by atoms with E-state index in [0.717, 1.165) is 17.5 Å². The van der Waals surface area contributed by atoms with Crippen LogP contribution < -0.4 is 15.4 Å². The monoisotopic (exact) mass is 501 g/mol. The van der Waals surface area contributed by atoms with Gasteiger partial charge in [-0.05, 0) is 41.8 Å². The lowest BCUT2D eigenvalue weighted by molar-refractivity contribution is 0.0597. The summed E-state index contributed by atoms with van der Waals surface area (Å²) >= 11 is 0. The number of guanidine groups is 1. The van der Waals surface area contributed by atoms with Gasteiger partial charge >= 0.3 is 5.97 Å². The number of esters is 1. The molecule has 28 heavy (non-hydrogen) atoms. The van der Waals surface area contributed by atoms with Crippen LogP contribution in [0.2, 0.25) is 0 Å². The number of carbonyl (C=O) groups is 1. The first-order valence-electron chi connectivity index (χ1n) is 8.51. The highest BCUT2D eigenvalue weighted by molar-refractivity contribution is 14.0. The van der Waals surface area contributed by atoms with Crippen molar-refractivity contribution in [3.8, 4) is 5.75 Å². The zero-order chi connectivity index (χ0) is 19.6. The van der Waals surface area contributed by atoms with Gasteiger partial charge < -0.3 is 20.1 Å². The molecule has 0 aliphatic heterocycles. The Morgan fingerprint density at radius 3 is 2.36 bits per heavy atom. The van der Waals surface area contributed by atoms with Crippen molar-refractivity contribution >= 4 is 35.9 Å². The summed E-state index contributed by atoms with van der Waals surface area (Å²) in [5.74, 6) is 0.408. The summed E-state index contributed by atoms with van der Waals surface area (Å²) in [6.07, 6.45) is 0.746. The predicted octanol–water partition coefficient (Wildman–Crippen LogP) is 3.15. The molecule has 0 saturated heterocycles. The van der Waals surface area contributed by atoms with E-state index in [1.807, 2.05) is 6.07 Å². The van der Waals surface area contributed by atoms with Crippen LogP contribution in [0.1, 0.15) is 21.5 Å². The van der Waals surface area contributed by atoms with Crippen LogP contribution in [-0.2, 0) is 17.7 Å². The molecule has 6 nitrogen and oxygen atoms in total. The van der Waals surface area contributed by atoms with Gasteiger partial charge in [0.25, 0.3) is 0 Å². The number of nitrogens with one attached hydrogen (secondary N) is 2. The minimum Gasteiger partial charge on any atom is -0.496 e. The molecule has 152 valence electrons. The highest BCUT2D eigenvalue weighted by Crippen LogP contribution is 2.20. The fourth-order valence-electron chi connectivity index (χ4n) is 2.52. The van der Waals surface area contributed by atoms with Gasteiger partial charge in [-0.25, -0.2) is 9.18 Å². The maximum Gasteiger partial charge on any atom is 0.341 e. The molecule has 2 aromatic rings. The van der Waals surface area contributed by atoms with Gasteiger partial charge in [0, 0.05) is 20.1 Å². The summed E-state index contributed by atoms with van der Waals surface area (Å²) in [5, 5.41) is 6.39. The lowest BCUT2D eigenvalue weighted by atomic mass is 10.1. The Morgan fingerprint density at radius 2 is 1.75 bits per heavy atom. The molecule has 2 aromatic carbocycles. The van der Waals surface area contributed by atoms with Gasteiger partial charge in [0.15, 0.2) is 5.96 Å². The first-order valence-corrected chi connectivity index (χ1v) is 8.51. The molecule has 0 fully saturated rings. The lowest BCUT2D eigenvalue weighted by Crippen LogP contribution is -2.37. The van der Waals surface area contributed by atoms with Gasteiger partial charge in [-0.15, -0.1) is 24.0 Å². The average Bonchev–Trinajstić information content (AvgIpc) is 2.71. The van der Waals surface area contributed by atoms with Crippen LogP contribution in [0.5, 0.6) is 5.75 Å². The molecule has 0 spiro atoms. The molecule has 8 heteroatoms. The van der Waals surface area contributed by atoms with Crippen LogP contribution >= 0.6 is 24.0 Å². The number of halogens is 2. The Bertz CT molecular complexity index is 798. The number of aliphatic imine (C=N–C) groups is 1. The van der Waals surface area contributed by atoms with Crippen LogP contribution in [0, 0.1) is 5.82 Å². The fraction of sp³-hybridized carbons (Fsp3) is 0.300. The normalized spacial score (nSPS) is 10.6. The van der Waals surface area contributed by atoms with Crippen LogP contribution in [0.25, 0.3) is 0 Å². The Labute approximate surface area is 181 Å². The van der Waals surface area contributed by atoms with E-state index in [2.05, 4.69) is 15.6 Å². The molecule has 0 aromatic heterocycles. The van der Waals surface area contributed by atoms with Gasteiger partial charge in [-0.2, -0.15) is 0 Å². The maximum atomic E-state index is 12.9. The number of hydrogen-bond acceptors (Lipinski definition) is 4. The van der Waals surface area contributed by atoms with Crippen molar-refractivity contribution in [3.63, 3.8) is 0 Å². The van der Waals surface area contributed by atoms with Crippen molar-refractivity contribution in [1.29, 1.82) is 0 Å². The second kappa shape index (κ2) is 12.2. The fourth-order valence-corrected chi connectivity index (χ4v) is 2.52. The van der Waals surface area contributed by atoms with E-state index in [1.165, 1.54) is 26.4 Å². The molecule has 0 radical (unpaired) electrons. The highest BCUT2D eigenvalue weighted by Gasteiger charge is 2.13. The number of hydrogen-bond donors (Lipinski definition) is 2. The summed E-state index contributed by atoms with van der Waals surface area (Å²) in [6.45, 7) is 1.13. The molecular weight excluding hydrogens is 476 g/mol. The topological polar surface area (TPSA) is 72.0 Å². The number of benzene rings is 2. The van der Waals surface area contributed by atoms with Crippen LogP contribution in [0.3, 0.4) is 0 Å². The van der Waals surface area contributed by atoms with Gasteiger partial charge in [-0.3, -0.25) is 4.99 Å². The van der Waals surface area contributed by atoms with Crippen molar-refractivity contribution in [3.05, 3.63) is 65.0 Å². The third kappa shape index (κ3) is 6.99. The molecule has 2 N–H and O–H groups in total. The van der Waals surface area contributed by atoms with Crippen molar-refractivity contribution in [2.45, 2.75) is 13.0 Å². The van der Waals surface area contributed by atoms with Crippen molar-refractivity contribution in [2.24, 2.45) is 4.99 Å². The van der Waals surface area contributed by atoms with Crippen LogP contribution in [0.15, 0.2) is 47.5 Å². The third-order valence-corrected chi connectivity index (χ3v) is 3.97. The highest BCUT2D eigenvalue weighted by atomic mass is 127. The van der Waals surface area contributed by atoms with Gasteiger partial charge in [-0.1, -0.05) is 18.2 Å². The van der Waals surface area contributed by atoms with E-state index in [1.54, 1.807) is 31.3 Å². The first-order chi connectivity index (χ1) is 13.1. The second-order valence-electron chi connectivity index (χ2n) is 5.76. The molecule has 0 unspecified atom stereocenters. The Hall–Kier alpha value is -2.36. The largest absolute Gasteiger partial charge is 0.496 e. The van der Waals surface area contributed by atoms with Crippen molar-refractivity contribution < 1.29 is 18.7 Å². The molecule has 0 atom stereocenters. The lowest BCUT2D eigenvalue weighted by Gasteiger charge is -2.13. The molecule has 0 aliphatic rings. The predicted molar refractivity (Wildman–Crippen MR) is 118 cm³/mol. The minimum absolute atomic E-state index is 0. The van der Waals surface area contributed by atoms with E-state index in [-0.39, 0.29) is 29.8 Å². The van der Waals surface area contributed by atoms with E-state index < -0.39 is 5.97 Å². The van der Waals surface area contributed by atoms with Gasteiger partial charge in [0.05, 0.1) is 14.2 Å². The summed E-state index contributed by atoms with van der Waals surface area (Å²) < 4.78 is 22.9. The Kier molecular flexibility index (Phi) is 10.3. The number of carbonyl (C=O) groups excluding carboxylic acids is 1. The third-order valence-electron chi connectivity index (χ3n) is 3.97. The molecule has 2 rings (SSSR count). The Balaban J connectivity index is 0.00000392. The molecule has 0 saturated carbocycles. The number of rotatable bonds is 7. The van der Waals surface area contributed by atoms with Crippen molar-refractivity contribution in [2.75, 3.05) is 27.8 Å². The van der Waals surface area contributed by atoms with Gasteiger partial charge in [0.2, 0.25) is 0 Å². The van der Waals surface area contributed by atoms with Crippen molar-refractivity contribution in [1.82, 2.24) is 10.6 Å². The average molecular weight is 501 g/mol. The Morgan fingerprint density at radius 1 is 1.07 bits per heavy atom. The van der Waals surface area contributed by atoms with E-state index in [9.17, 15) is 9.18 Å². The second-order valence-corrected chi connectivity index (χ2v) is 5.76. The minimum atomic E-state index is -0.449. The summed E-state index contributed by atoms with van der Waals surface area (Å²) in [4.78, 5) is 16.0. The molecular formula is C20H25FIN3O3. The maximum absolute atomic E-state index is 12.9. The van der Waals surface area contributed by atoms with Crippen LogP contribution in [-0.4, -0.2) is 39.7 Å². The molecule has 0 bridgehead atoms. The van der Waals surface area contributed by atoms with Gasteiger partial charge in [0.1, 0.15) is 17.1 Å². The smallest absolute Gasteiger partial charge is 0.341 e. The zero-order valence-electron chi connectivity index (χ0n) is 16.1. The number of ether oxygens (including phenoxy) is 2.